The molecular weight excluding hydrogens is 200 g/mol. The maximum atomic E-state index is 4.54. The highest BCUT2D eigenvalue weighted by molar-refractivity contribution is 5.62. The molecule has 4 nitrogen and oxygen atoms in total. The zero-order valence-corrected chi connectivity index (χ0v) is 9.86. The molecule has 0 fully saturated rings. The van der Waals surface area contributed by atoms with Crippen molar-refractivity contribution in [3.63, 3.8) is 0 Å². The smallest absolute Gasteiger partial charge is 0.0971 e. The molecule has 2 rings (SSSR count). The highest BCUT2D eigenvalue weighted by atomic mass is 15.3. The van der Waals surface area contributed by atoms with Gasteiger partial charge < -0.3 is 5.32 Å². The maximum absolute atomic E-state index is 4.54. The van der Waals surface area contributed by atoms with Gasteiger partial charge in [0.05, 0.1) is 11.4 Å². The first-order valence-corrected chi connectivity index (χ1v) is 5.31. The van der Waals surface area contributed by atoms with Gasteiger partial charge in [0.2, 0.25) is 0 Å². The molecule has 2 aromatic heterocycles. The molecule has 0 saturated heterocycles. The Balaban J connectivity index is 2.47. The second-order valence-electron chi connectivity index (χ2n) is 3.82. The summed E-state index contributed by atoms with van der Waals surface area (Å²) in [5.41, 5.74) is 4.50. The van der Waals surface area contributed by atoms with Crippen molar-refractivity contribution in [2.24, 2.45) is 7.05 Å². The highest BCUT2D eigenvalue weighted by Gasteiger charge is 2.12. The Morgan fingerprint density at radius 1 is 1.44 bits per heavy atom. The molecule has 0 spiro atoms. The topological polar surface area (TPSA) is 42.7 Å². The highest BCUT2D eigenvalue weighted by Crippen LogP contribution is 2.23. The first kappa shape index (κ1) is 10.8. The second kappa shape index (κ2) is 4.45. The van der Waals surface area contributed by atoms with Gasteiger partial charge in [-0.2, -0.15) is 5.10 Å². The van der Waals surface area contributed by atoms with Crippen LogP contribution < -0.4 is 5.32 Å². The van der Waals surface area contributed by atoms with Crippen molar-refractivity contribution in [1.82, 2.24) is 20.1 Å². The first-order chi connectivity index (χ1) is 7.74. The van der Waals surface area contributed by atoms with Crippen molar-refractivity contribution in [1.29, 1.82) is 0 Å². The zero-order chi connectivity index (χ0) is 11.5. The third-order valence-electron chi connectivity index (χ3n) is 2.71. The predicted molar refractivity (Wildman–Crippen MR) is 63.9 cm³/mol. The van der Waals surface area contributed by atoms with E-state index >= 15 is 0 Å². The fourth-order valence-corrected chi connectivity index (χ4v) is 1.86. The van der Waals surface area contributed by atoms with Crippen molar-refractivity contribution < 1.29 is 0 Å². The van der Waals surface area contributed by atoms with Crippen LogP contribution in [0.5, 0.6) is 0 Å². The first-order valence-electron chi connectivity index (χ1n) is 5.31. The van der Waals surface area contributed by atoms with Gasteiger partial charge in [0, 0.05) is 31.5 Å². The van der Waals surface area contributed by atoms with E-state index in [4.69, 9.17) is 0 Å². The quantitative estimate of drug-likeness (QED) is 0.845. The molecule has 4 heteroatoms. The van der Waals surface area contributed by atoms with Crippen LogP contribution in [0.2, 0.25) is 0 Å². The number of nitrogens with zero attached hydrogens (tertiary/aromatic N) is 3. The molecule has 84 valence electrons. The molecule has 0 radical (unpaired) electrons. The third kappa shape index (κ3) is 1.84. The number of pyridine rings is 1. The number of aryl methyl sites for hydroxylation is 1. The summed E-state index contributed by atoms with van der Waals surface area (Å²) in [4.78, 5) is 4.12. The summed E-state index contributed by atoms with van der Waals surface area (Å²) < 4.78 is 1.92. The Morgan fingerprint density at radius 3 is 2.88 bits per heavy atom. The van der Waals surface area contributed by atoms with Gasteiger partial charge in [-0.05, 0) is 31.7 Å². The van der Waals surface area contributed by atoms with E-state index in [2.05, 4.69) is 22.3 Å². The van der Waals surface area contributed by atoms with Crippen LogP contribution in [0, 0.1) is 6.92 Å². The Labute approximate surface area is 95.3 Å². The van der Waals surface area contributed by atoms with Crippen LogP contribution in [0.1, 0.15) is 11.3 Å². The molecule has 0 unspecified atom stereocenters. The summed E-state index contributed by atoms with van der Waals surface area (Å²) in [6, 6.07) is 3.96. The summed E-state index contributed by atoms with van der Waals surface area (Å²) in [7, 11) is 3.91. The maximum Gasteiger partial charge on any atom is 0.0971 e. The molecule has 1 N–H and O–H groups in total. The summed E-state index contributed by atoms with van der Waals surface area (Å²) in [6.07, 6.45) is 3.62. The van der Waals surface area contributed by atoms with Gasteiger partial charge in [-0.25, -0.2) is 0 Å². The third-order valence-corrected chi connectivity index (χ3v) is 2.71. The van der Waals surface area contributed by atoms with E-state index in [1.54, 1.807) is 6.20 Å². The van der Waals surface area contributed by atoms with Gasteiger partial charge in [-0.3, -0.25) is 9.67 Å². The van der Waals surface area contributed by atoms with Crippen LogP contribution in [-0.2, 0) is 13.6 Å². The van der Waals surface area contributed by atoms with Crippen molar-refractivity contribution >= 4 is 0 Å². The Bertz CT molecular complexity index is 473. The average molecular weight is 216 g/mol. The van der Waals surface area contributed by atoms with E-state index in [9.17, 15) is 0 Å². The van der Waals surface area contributed by atoms with E-state index in [0.29, 0.717) is 0 Å². The molecule has 2 heterocycles. The molecule has 0 atom stereocenters. The van der Waals surface area contributed by atoms with E-state index < -0.39 is 0 Å². The number of hydrogen-bond donors (Lipinski definition) is 1. The van der Waals surface area contributed by atoms with Gasteiger partial charge in [0.15, 0.2) is 0 Å². The largest absolute Gasteiger partial charge is 0.314 e. The monoisotopic (exact) mass is 216 g/mol. The molecule has 2 aromatic rings. The number of rotatable bonds is 3. The van der Waals surface area contributed by atoms with E-state index in [0.717, 1.165) is 17.8 Å². The van der Waals surface area contributed by atoms with Crippen LogP contribution in [0.15, 0.2) is 24.5 Å². The lowest BCUT2D eigenvalue weighted by Crippen LogP contribution is -2.10. The molecule has 0 saturated carbocycles. The summed E-state index contributed by atoms with van der Waals surface area (Å²) >= 11 is 0. The lowest BCUT2D eigenvalue weighted by atomic mass is 10.1. The lowest BCUT2D eigenvalue weighted by Gasteiger charge is -2.01. The number of hydrogen-bond acceptors (Lipinski definition) is 3. The van der Waals surface area contributed by atoms with Gasteiger partial charge in [-0.1, -0.05) is 0 Å². The summed E-state index contributed by atoms with van der Waals surface area (Å²) in [6.45, 7) is 2.93. The fourth-order valence-electron chi connectivity index (χ4n) is 1.86. The molecule has 0 aliphatic carbocycles. The second-order valence-corrected chi connectivity index (χ2v) is 3.82. The van der Waals surface area contributed by atoms with Gasteiger partial charge >= 0.3 is 0 Å². The Kier molecular flexibility index (Phi) is 3.01. The van der Waals surface area contributed by atoms with E-state index in [1.807, 2.05) is 37.1 Å². The van der Waals surface area contributed by atoms with Crippen LogP contribution in [0.4, 0.5) is 0 Å². The van der Waals surface area contributed by atoms with Crippen LogP contribution in [0.3, 0.4) is 0 Å². The lowest BCUT2D eigenvalue weighted by molar-refractivity contribution is 0.671. The summed E-state index contributed by atoms with van der Waals surface area (Å²) in [5.74, 6) is 0. The van der Waals surface area contributed by atoms with Gasteiger partial charge in [0.25, 0.3) is 0 Å². The molecular formula is C12H16N4. The van der Waals surface area contributed by atoms with Gasteiger partial charge in [0.1, 0.15) is 0 Å². The minimum Gasteiger partial charge on any atom is -0.314 e. The SMILES string of the molecule is CNCc1c(C)c(-c2cccnc2)nn1C. The van der Waals surface area contributed by atoms with Crippen molar-refractivity contribution in [2.75, 3.05) is 7.05 Å². The number of aromatic nitrogens is 3. The molecule has 0 aromatic carbocycles. The molecule has 0 bridgehead atoms. The summed E-state index contributed by atoms with van der Waals surface area (Å²) in [5, 5.41) is 7.69. The Morgan fingerprint density at radius 2 is 2.25 bits per heavy atom. The van der Waals surface area contributed by atoms with Crippen molar-refractivity contribution in [3.8, 4) is 11.3 Å². The Hall–Kier alpha value is -1.68. The minimum atomic E-state index is 0.829. The molecule has 16 heavy (non-hydrogen) atoms. The average Bonchev–Trinajstić information content (AvgIpc) is 2.59. The molecule has 0 aliphatic heterocycles. The zero-order valence-electron chi connectivity index (χ0n) is 9.86. The van der Waals surface area contributed by atoms with E-state index in [1.165, 1.54) is 11.3 Å². The van der Waals surface area contributed by atoms with Crippen LogP contribution in [-0.4, -0.2) is 21.8 Å². The minimum absolute atomic E-state index is 0.829. The van der Waals surface area contributed by atoms with Crippen molar-refractivity contribution in [3.05, 3.63) is 35.8 Å². The molecule has 0 aliphatic rings. The van der Waals surface area contributed by atoms with Crippen LogP contribution in [0.25, 0.3) is 11.3 Å². The van der Waals surface area contributed by atoms with E-state index in [-0.39, 0.29) is 0 Å². The number of nitrogens with one attached hydrogen (secondary N) is 1. The predicted octanol–water partition coefficient (Wildman–Crippen LogP) is 1.51. The standard InChI is InChI=1S/C12H16N4/c1-9-11(8-13-2)16(3)15-12(9)10-5-4-6-14-7-10/h4-7,13H,8H2,1-3H3. The normalized spacial score (nSPS) is 10.7. The fraction of sp³-hybridized carbons (Fsp3) is 0.333. The molecule has 0 amide bonds. The van der Waals surface area contributed by atoms with Crippen LogP contribution >= 0.6 is 0 Å². The van der Waals surface area contributed by atoms with Crippen molar-refractivity contribution in [2.45, 2.75) is 13.5 Å². The van der Waals surface area contributed by atoms with Gasteiger partial charge in [-0.15, -0.1) is 0 Å².